The third kappa shape index (κ3) is 6.29. The van der Waals surface area contributed by atoms with E-state index in [9.17, 15) is 9.59 Å². The number of fused-ring (bicyclic) bond motifs is 1. The number of hydrogen-bond donors (Lipinski definition) is 2. The molecule has 0 bridgehead atoms. The standard InChI is InChI=1S/C22H25N3O3S/c1-22(2,3)28-21(27)25-18(11-15-7-5-4-6-8-15)20(26)23-13-16-9-10-19-17(12-16)24-14-29-19/h4-10,12,14,18H,11,13H2,1-3H3,(H,23,26)(H,25,27)/t18-/m0/s1. The van der Waals surface area contributed by atoms with Gasteiger partial charge in [-0.3, -0.25) is 4.79 Å². The van der Waals surface area contributed by atoms with Gasteiger partial charge >= 0.3 is 6.09 Å². The summed E-state index contributed by atoms with van der Waals surface area (Å²) in [6.45, 7) is 5.71. The van der Waals surface area contributed by atoms with Crippen LogP contribution in [0.4, 0.5) is 4.79 Å². The van der Waals surface area contributed by atoms with Crippen LogP contribution < -0.4 is 10.6 Å². The maximum absolute atomic E-state index is 12.8. The Morgan fingerprint density at radius 1 is 1.10 bits per heavy atom. The molecule has 29 heavy (non-hydrogen) atoms. The number of rotatable bonds is 6. The van der Waals surface area contributed by atoms with E-state index < -0.39 is 17.7 Å². The van der Waals surface area contributed by atoms with Crippen molar-refractivity contribution in [2.24, 2.45) is 0 Å². The predicted octanol–water partition coefficient (Wildman–Crippen LogP) is 4.05. The van der Waals surface area contributed by atoms with Gasteiger partial charge in [-0.25, -0.2) is 9.78 Å². The zero-order chi connectivity index (χ0) is 20.9. The third-order valence-electron chi connectivity index (χ3n) is 4.15. The third-order valence-corrected chi connectivity index (χ3v) is 4.96. The fourth-order valence-corrected chi connectivity index (χ4v) is 3.49. The molecule has 3 aromatic rings. The minimum Gasteiger partial charge on any atom is -0.444 e. The van der Waals surface area contributed by atoms with Gasteiger partial charge in [0.05, 0.1) is 15.7 Å². The average Bonchev–Trinajstić information content (AvgIpc) is 3.12. The van der Waals surface area contributed by atoms with Gasteiger partial charge in [0.1, 0.15) is 11.6 Å². The van der Waals surface area contributed by atoms with Crippen LogP contribution in [0.25, 0.3) is 10.2 Å². The van der Waals surface area contributed by atoms with Crippen molar-refractivity contribution in [3.8, 4) is 0 Å². The van der Waals surface area contributed by atoms with Gasteiger partial charge in [0.15, 0.2) is 0 Å². The lowest BCUT2D eigenvalue weighted by Gasteiger charge is -2.23. The first-order valence-corrected chi connectivity index (χ1v) is 10.3. The molecule has 1 aromatic heterocycles. The second kappa shape index (κ2) is 9.05. The van der Waals surface area contributed by atoms with Crippen LogP contribution in [0.3, 0.4) is 0 Å². The van der Waals surface area contributed by atoms with Crippen molar-refractivity contribution < 1.29 is 14.3 Å². The molecule has 0 aliphatic rings. The number of thiazole rings is 1. The Hall–Kier alpha value is -2.93. The summed E-state index contributed by atoms with van der Waals surface area (Å²) in [6, 6.07) is 14.7. The van der Waals surface area contributed by atoms with Gasteiger partial charge < -0.3 is 15.4 Å². The van der Waals surface area contributed by atoms with Crippen LogP contribution in [0, 0.1) is 0 Å². The maximum atomic E-state index is 12.8. The molecule has 0 spiro atoms. The molecule has 0 saturated carbocycles. The van der Waals surface area contributed by atoms with E-state index in [4.69, 9.17) is 4.74 Å². The van der Waals surface area contributed by atoms with E-state index in [0.717, 1.165) is 21.3 Å². The molecule has 0 aliphatic heterocycles. The predicted molar refractivity (Wildman–Crippen MR) is 115 cm³/mol. The van der Waals surface area contributed by atoms with Crippen molar-refractivity contribution in [2.75, 3.05) is 0 Å². The second-order valence-corrected chi connectivity index (χ2v) is 8.65. The molecule has 0 fully saturated rings. The summed E-state index contributed by atoms with van der Waals surface area (Å²) in [5.74, 6) is -0.266. The summed E-state index contributed by atoms with van der Waals surface area (Å²) < 4.78 is 6.43. The molecule has 1 atom stereocenters. The smallest absolute Gasteiger partial charge is 0.408 e. The number of carbonyl (C=O) groups excluding carboxylic acids is 2. The van der Waals surface area contributed by atoms with Crippen molar-refractivity contribution in [1.29, 1.82) is 0 Å². The molecule has 7 heteroatoms. The minimum absolute atomic E-state index is 0.266. The Kier molecular flexibility index (Phi) is 6.49. The normalized spacial score (nSPS) is 12.4. The number of carbonyl (C=O) groups is 2. The number of amides is 2. The molecular weight excluding hydrogens is 386 g/mol. The van der Waals surface area contributed by atoms with Crippen molar-refractivity contribution in [3.05, 3.63) is 65.2 Å². The van der Waals surface area contributed by atoms with Gasteiger partial charge in [-0.2, -0.15) is 0 Å². The Morgan fingerprint density at radius 2 is 1.86 bits per heavy atom. The summed E-state index contributed by atoms with van der Waals surface area (Å²) in [7, 11) is 0. The second-order valence-electron chi connectivity index (χ2n) is 7.76. The number of aromatic nitrogens is 1. The topological polar surface area (TPSA) is 80.3 Å². The van der Waals surface area contributed by atoms with Gasteiger partial charge in [0, 0.05) is 13.0 Å². The Labute approximate surface area is 174 Å². The molecule has 0 radical (unpaired) electrons. The Morgan fingerprint density at radius 3 is 2.59 bits per heavy atom. The van der Waals surface area contributed by atoms with Crippen LogP contribution in [0.2, 0.25) is 0 Å². The summed E-state index contributed by atoms with van der Waals surface area (Å²) in [5, 5.41) is 5.61. The molecule has 2 amide bonds. The number of alkyl carbamates (subject to hydrolysis) is 1. The van der Waals surface area contributed by atoms with Gasteiger partial charge in [-0.05, 0) is 44.0 Å². The molecule has 3 rings (SSSR count). The van der Waals surface area contributed by atoms with E-state index in [1.807, 2.05) is 48.5 Å². The lowest BCUT2D eigenvalue weighted by atomic mass is 10.1. The molecule has 2 aromatic carbocycles. The molecule has 6 nitrogen and oxygen atoms in total. The Bertz CT molecular complexity index is 980. The molecule has 1 heterocycles. The lowest BCUT2D eigenvalue weighted by Crippen LogP contribution is -2.49. The maximum Gasteiger partial charge on any atom is 0.408 e. The van der Waals surface area contributed by atoms with Crippen LogP contribution in [0.15, 0.2) is 54.0 Å². The van der Waals surface area contributed by atoms with Crippen LogP contribution in [-0.2, 0) is 22.5 Å². The molecule has 152 valence electrons. The molecular formula is C22H25N3O3S. The number of nitrogens with one attached hydrogen (secondary N) is 2. The van der Waals surface area contributed by atoms with Gasteiger partial charge in [0.25, 0.3) is 0 Å². The van der Waals surface area contributed by atoms with E-state index in [2.05, 4.69) is 15.6 Å². The lowest BCUT2D eigenvalue weighted by molar-refractivity contribution is -0.123. The van der Waals surface area contributed by atoms with E-state index in [1.165, 1.54) is 0 Å². The van der Waals surface area contributed by atoms with E-state index in [0.29, 0.717) is 13.0 Å². The van der Waals surface area contributed by atoms with Crippen LogP contribution in [0.5, 0.6) is 0 Å². The van der Waals surface area contributed by atoms with E-state index >= 15 is 0 Å². The zero-order valence-electron chi connectivity index (χ0n) is 16.8. The van der Waals surface area contributed by atoms with E-state index in [-0.39, 0.29) is 5.91 Å². The highest BCUT2D eigenvalue weighted by Gasteiger charge is 2.24. The monoisotopic (exact) mass is 411 g/mol. The van der Waals surface area contributed by atoms with Crippen molar-refractivity contribution in [3.63, 3.8) is 0 Å². The zero-order valence-corrected chi connectivity index (χ0v) is 17.6. The molecule has 0 aliphatic carbocycles. The van der Waals surface area contributed by atoms with Crippen LogP contribution >= 0.6 is 11.3 Å². The van der Waals surface area contributed by atoms with Gasteiger partial charge in [0.2, 0.25) is 5.91 Å². The summed E-state index contributed by atoms with van der Waals surface area (Å²) in [6.07, 6.45) is -0.241. The SMILES string of the molecule is CC(C)(C)OC(=O)N[C@@H](Cc1ccccc1)C(=O)NCc1ccc2scnc2c1. The Balaban J connectivity index is 1.67. The quantitative estimate of drug-likeness (QED) is 0.641. The minimum atomic E-state index is -0.741. The highest BCUT2D eigenvalue weighted by atomic mass is 32.1. The largest absolute Gasteiger partial charge is 0.444 e. The number of nitrogens with zero attached hydrogens (tertiary/aromatic N) is 1. The van der Waals surface area contributed by atoms with E-state index in [1.54, 1.807) is 37.6 Å². The van der Waals surface area contributed by atoms with Crippen molar-refractivity contribution in [2.45, 2.75) is 45.4 Å². The first-order chi connectivity index (χ1) is 13.8. The average molecular weight is 412 g/mol. The van der Waals surface area contributed by atoms with Crippen molar-refractivity contribution in [1.82, 2.24) is 15.6 Å². The highest BCUT2D eigenvalue weighted by Crippen LogP contribution is 2.18. The highest BCUT2D eigenvalue weighted by molar-refractivity contribution is 7.16. The number of hydrogen-bond acceptors (Lipinski definition) is 5. The van der Waals surface area contributed by atoms with Gasteiger partial charge in [-0.1, -0.05) is 36.4 Å². The van der Waals surface area contributed by atoms with Gasteiger partial charge in [-0.15, -0.1) is 11.3 Å². The summed E-state index contributed by atoms with van der Waals surface area (Å²) in [4.78, 5) is 29.4. The van der Waals surface area contributed by atoms with Crippen LogP contribution in [0.1, 0.15) is 31.9 Å². The fraction of sp³-hybridized carbons (Fsp3) is 0.318. The fourth-order valence-electron chi connectivity index (χ4n) is 2.83. The van der Waals surface area contributed by atoms with Crippen molar-refractivity contribution >= 4 is 33.6 Å². The van der Waals surface area contributed by atoms with Crippen LogP contribution in [-0.4, -0.2) is 28.6 Å². The number of ether oxygens (including phenoxy) is 1. The molecule has 0 saturated heterocycles. The first kappa shape index (κ1) is 20.8. The molecule has 2 N–H and O–H groups in total. The summed E-state index contributed by atoms with van der Waals surface area (Å²) >= 11 is 1.58. The summed E-state index contributed by atoms with van der Waals surface area (Å²) in [5.41, 5.74) is 3.98. The molecule has 0 unspecified atom stereocenters. The number of benzene rings is 2. The first-order valence-electron chi connectivity index (χ1n) is 9.43.